The second kappa shape index (κ2) is 7.69. The number of hydrogen-bond donors (Lipinski definition) is 2. The monoisotopic (exact) mass is 400 g/mol. The summed E-state index contributed by atoms with van der Waals surface area (Å²) < 4.78 is 65.5. The Bertz CT molecular complexity index is 947. The van der Waals surface area contributed by atoms with E-state index >= 15 is 0 Å². The molecule has 0 aromatic heterocycles. The van der Waals surface area contributed by atoms with Crippen molar-refractivity contribution < 1.29 is 26.4 Å². The molecule has 0 fully saturated rings. The summed E-state index contributed by atoms with van der Waals surface area (Å²) in [4.78, 5) is 11.2. The first-order valence-corrected chi connectivity index (χ1v) is 9.43. The molecule has 2 N–H and O–H groups in total. The molecular weight excluding hydrogens is 381 g/mol. The Hall–Kier alpha value is -2.39. The fourth-order valence-corrected chi connectivity index (χ4v) is 3.94. The van der Waals surface area contributed by atoms with E-state index in [1.165, 1.54) is 6.07 Å². The smallest absolute Gasteiger partial charge is 0.324 e. The quantitative estimate of drug-likeness (QED) is 0.806. The van der Waals surface area contributed by atoms with Crippen LogP contribution in [0.5, 0.6) is 0 Å². The zero-order chi connectivity index (χ0) is 20.4. The van der Waals surface area contributed by atoms with Crippen LogP contribution in [0.15, 0.2) is 41.3 Å². The minimum atomic E-state index is -4.83. The summed E-state index contributed by atoms with van der Waals surface area (Å²) in [5.74, 6) is -0.682. The predicted octanol–water partition coefficient (Wildman–Crippen LogP) is 3.55. The molecule has 1 amide bonds. The van der Waals surface area contributed by atoms with E-state index in [0.29, 0.717) is 11.8 Å². The zero-order valence-corrected chi connectivity index (χ0v) is 15.8. The molecule has 5 nitrogen and oxygen atoms in total. The van der Waals surface area contributed by atoms with E-state index in [1.54, 1.807) is 13.8 Å². The van der Waals surface area contributed by atoms with E-state index in [1.807, 2.05) is 23.8 Å². The molecule has 0 saturated heterocycles. The second-order valence-electron chi connectivity index (χ2n) is 6.14. The number of amides is 1. The Morgan fingerprint density at radius 3 is 2.15 bits per heavy atom. The van der Waals surface area contributed by atoms with Crippen LogP contribution in [0.3, 0.4) is 0 Å². The van der Waals surface area contributed by atoms with Crippen molar-refractivity contribution in [1.82, 2.24) is 4.72 Å². The first-order chi connectivity index (χ1) is 12.4. The van der Waals surface area contributed by atoms with E-state index in [2.05, 4.69) is 5.32 Å². The van der Waals surface area contributed by atoms with Crippen molar-refractivity contribution >= 4 is 21.6 Å². The van der Waals surface area contributed by atoms with Gasteiger partial charge in [0.05, 0.1) is 17.0 Å². The highest BCUT2D eigenvalue weighted by Gasteiger charge is 2.36. The number of benzene rings is 2. The molecular formula is C18H19F3N2O3S. The minimum absolute atomic E-state index is 0.542. The van der Waals surface area contributed by atoms with Gasteiger partial charge in [0, 0.05) is 5.69 Å². The van der Waals surface area contributed by atoms with Gasteiger partial charge >= 0.3 is 6.18 Å². The number of halogens is 3. The van der Waals surface area contributed by atoms with Crippen LogP contribution in [0.1, 0.15) is 22.3 Å². The van der Waals surface area contributed by atoms with E-state index in [0.717, 1.165) is 28.8 Å². The summed E-state index contributed by atoms with van der Waals surface area (Å²) in [6.45, 7) is 4.79. The highest BCUT2D eigenvalue weighted by atomic mass is 32.2. The molecule has 0 radical (unpaired) electrons. The van der Waals surface area contributed by atoms with Gasteiger partial charge in [-0.3, -0.25) is 4.79 Å². The second-order valence-corrected chi connectivity index (χ2v) is 7.88. The third-order valence-corrected chi connectivity index (χ3v) is 5.31. The van der Waals surface area contributed by atoms with E-state index in [-0.39, 0.29) is 0 Å². The maximum atomic E-state index is 13.0. The Morgan fingerprint density at radius 2 is 1.59 bits per heavy atom. The summed E-state index contributed by atoms with van der Waals surface area (Å²) >= 11 is 0. The third-order valence-electron chi connectivity index (χ3n) is 3.85. The molecule has 0 unspecified atom stereocenters. The zero-order valence-electron chi connectivity index (χ0n) is 14.9. The Balaban J connectivity index is 2.16. The van der Waals surface area contributed by atoms with Gasteiger partial charge in [0.2, 0.25) is 15.9 Å². The van der Waals surface area contributed by atoms with Crippen molar-refractivity contribution in [2.75, 3.05) is 11.9 Å². The minimum Gasteiger partial charge on any atom is -0.324 e. The molecule has 0 aliphatic carbocycles. The highest BCUT2D eigenvalue weighted by Crippen LogP contribution is 2.33. The number of rotatable bonds is 5. The van der Waals surface area contributed by atoms with Crippen LogP contribution in [0.2, 0.25) is 0 Å². The molecule has 2 aromatic carbocycles. The largest absolute Gasteiger partial charge is 0.417 e. The summed E-state index contributed by atoms with van der Waals surface area (Å²) in [6.07, 6.45) is -4.83. The maximum absolute atomic E-state index is 13.0. The fraction of sp³-hybridized carbons (Fsp3) is 0.278. The van der Waals surface area contributed by atoms with Gasteiger partial charge in [-0.1, -0.05) is 29.8 Å². The average molecular weight is 400 g/mol. The molecule has 146 valence electrons. The van der Waals surface area contributed by atoms with Crippen LogP contribution in [0.4, 0.5) is 18.9 Å². The van der Waals surface area contributed by atoms with Crippen LogP contribution in [-0.4, -0.2) is 20.9 Å². The molecule has 9 heteroatoms. The molecule has 0 aliphatic heterocycles. The van der Waals surface area contributed by atoms with E-state index < -0.39 is 39.1 Å². The molecule has 0 spiro atoms. The lowest BCUT2D eigenvalue weighted by molar-refractivity contribution is -0.139. The van der Waals surface area contributed by atoms with Crippen LogP contribution in [0.25, 0.3) is 0 Å². The summed E-state index contributed by atoms with van der Waals surface area (Å²) in [7, 11) is -4.52. The first kappa shape index (κ1) is 20.9. The van der Waals surface area contributed by atoms with Crippen molar-refractivity contribution in [3.63, 3.8) is 0 Å². The molecule has 0 atom stereocenters. The fourth-order valence-electron chi connectivity index (χ4n) is 2.73. The van der Waals surface area contributed by atoms with Crippen molar-refractivity contribution in [2.45, 2.75) is 31.8 Å². The Labute approximate surface area is 155 Å². The molecule has 0 aliphatic rings. The lowest BCUT2D eigenvalue weighted by Gasteiger charge is -2.15. The standard InChI is InChI=1S/C18H19F3N2O3S/c1-11-8-12(2)17(13(3)9-11)23-16(24)10-22-27(25,26)15-7-5-4-6-14(15)18(19,20)21/h4-9,22H,10H2,1-3H3,(H,23,24). The van der Waals surface area contributed by atoms with Gasteiger partial charge in [0.1, 0.15) is 0 Å². The highest BCUT2D eigenvalue weighted by molar-refractivity contribution is 7.89. The van der Waals surface area contributed by atoms with Crippen LogP contribution in [0, 0.1) is 20.8 Å². The Morgan fingerprint density at radius 1 is 1.04 bits per heavy atom. The molecule has 0 heterocycles. The van der Waals surface area contributed by atoms with Gasteiger partial charge in [0.25, 0.3) is 0 Å². The summed E-state index contributed by atoms with van der Waals surface area (Å²) in [5.41, 5.74) is 1.85. The van der Waals surface area contributed by atoms with Gasteiger partial charge < -0.3 is 5.32 Å². The molecule has 0 saturated carbocycles. The number of carbonyl (C=O) groups excluding carboxylic acids is 1. The number of carbonyl (C=O) groups is 1. The maximum Gasteiger partial charge on any atom is 0.417 e. The van der Waals surface area contributed by atoms with Crippen LogP contribution in [-0.2, 0) is 21.0 Å². The SMILES string of the molecule is Cc1cc(C)c(NC(=O)CNS(=O)(=O)c2ccccc2C(F)(F)F)c(C)c1. The number of nitrogens with one attached hydrogen (secondary N) is 2. The Kier molecular flexibility index (Phi) is 5.96. The van der Waals surface area contributed by atoms with Crippen molar-refractivity contribution in [1.29, 1.82) is 0 Å². The summed E-state index contributed by atoms with van der Waals surface area (Å²) in [6, 6.07) is 7.50. The van der Waals surface area contributed by atoms with Gasteiger partial charge in [-0.15, -0.1) is 0 Å². The van der Waals surface area contributed by atoms with Gasteiger partial charge in [0.15, 0.2) is 0 Å². The lowest BCUT2D eigenvalue weighted by Crippen LogP contribution is -2.34. The number of hydrogen-bond acceptors (Lipinski definition) is 3. The molecule has 2 rings (SSSR count). The normalized spacial score (nSPS) is 12.1. The number of sulfonamides is 1. The lowest BCUT2D eigenvalue weighted by atomic mass is 10.1. The van der Waals surface area contributed by atoms with Gasteiger partial charge in [-0.05, 0) is 44.0 Å². The topological polar surface area (TPSA) is 75.3 Å². The van der Waals surface area contributed by atoms with E-state index in [9.17, 15) is 26.4 Å². The van der Waals surface area contributed by atoms with Crippen LogP contribution < -0.4 is 10.0 Å². The van der Waals surface area contributed by atoms with Gasteiger partial charge in [-0.25, -0.2) is 13.1 Å². The van der Waals surface area contributed by atoms with Gasteiger partial charge in [-0.2, -0.15) is 13.2 Å². The molecule has 27 heavy (non-hydrogen) atoms. The third kappa shape index (κ3) is 5.08. The van der Waals surface area contributed by atoms with Crippen molar-refractivity contribution in [2.24, 2.45) is 0 Å². The first-order valence-electron chi connectivity index (χ1n) is 7.95. The predicted molar refractivity (Wildman–Crippen MR) is 95.9 cm³/mol. The van der Waals surface area contributed by atoms with Crippen molar-refractivity contribution in [3.8, 4) is 0 Å². The van der Waals surface area contributed by atoms with E-state index in [4.69, 9.17) is 0 Å². The number of anilines is 1. The molecule has 0 bridgehead atoms. The van der Waals surface area contributed by atoms with Crippen LogP contribution >= 0.6 is 0 Å². The van der Waals surface area contributed by atoms with Crippen molar-refractivity contribution in [3.05, 3.63) is 58.7 Å². The number of aryl methyl sites for hydroxylation is 3. The summed E-state index contributed by atoms with van der Waals surface area (Å²) in [5, 5.41) is 2.59. The molecule has 2 aromatic rings. The average Bonchev–Trinajstić information content (AvgIpc) is 2.55. The number of alkyl halides is 3.